The molecule has 0 aliphatic carbocycles. The molecule has 29 heavy (non-hydrogen) atoms. The third-order valence-corrected chi connectivity index (χ3v) is 4.10. The molecule has 4 N–H and O–H groups in total. The normalized spacial score (nSPS) is 10.6. The van der Waals surface area contributed by atoms with Crippen LogP contribution in [0.2, 0.25) is 0 Å². The molecular formula is C22H31N3O4. The molecule has 0 aromatic heterocycles. The molecule has 158 valence electrons. The van der Waals surface area contributed by atoms with Gasteiger partial charge in [-0.25, -0.2) is 0 Å². The Hall–Kier alpha value is -2.61. The summed E-state index contributed by atoms with van der Waals surface area (Å²) in [7, 11) is 0. The van der Waals surface area contributed by atoms with E-state index in [4.69, 9.17) is 14.6 Å². The molecule has 0 heterocycles. The molecule has 0 spiro atoms. The molecule has 0 fully saturated rings. The van der Waals surface area contributed by atoms with Crippen LogP contribution in [-0.2, 0) is 11.3 Å². The number of carbonyl (C=O) groups is 1. The van der Waals surface area contributed by atoms with E-state index in [2.05, 4.69) is 16.0 Å². The Morgan fingerprint density at radius 3 is 2.45 bits per heavy atom. The van der Waals surface area contributed by atoms with Gasteiger partial charge in [0.05, 0.1) is 13.2 Å². The number of hydrogen-bond acceptors (Lipinski definition) is 6. The SMILES string of the molecule is CCOc1cc(CNCCNCCO)ccc1OCC(=O)Nc1ccc(C)cc1. The van der Waals surface area contributed by atoms with E-state index >= 15 is 0 Å². The van der Waals surface area contributed by atoms with Crippen molar-refractivity contribution in [1.82, 2.24) is 10.6 Å². The van der Waals surface area contributed by atoms with Gasteiger partial charge in [0, 0.05) is 31.9 Å². The van der Waals surface area contributed by atoms with Crippen LogP contribution in [0.4, 0.5) is 5.69 Å². The lowest BCUT2D eigenvalue weighted by Crippen LogP contribution is -2.28. The van der Waals surface area contributed by atoms with Gasteiger partial charge in [0.1, 0.15) is 0 Å². The zero-order chi connectivity index (χ0) is 20.9. The Kier molecular flexibility index (Phi) is 9.99. The molecule has 0 saturated carbocycles. The second-order valence-electron chi connectivity index (χ2n) is 6.57. The van der Waals surface area contributed by atoms with Crippen molar-refractivity contribution in [2.24, 2.45) is 0 Å². The molecule has 2 aromatic carbocycles. The number of nitrogens with one attached hydrogen (secondary N) is 3. The molecule has 0 saturated heterocycles. The first-order chi connectivity index (χ1) is 14.1. The van der Waals surface area contributed by atoms with Gasteiger partial charge >= 0.3 is 0 Å². The molecule has 2 aromatic rings. The van der Waals surface area contributed by atoms with Gasteiger partial charge in [-0.05, 0) is 43.7 Å². The monoisotopic (exact) mass is 401 g/mol. The summed E-state index contributed by atoms with van der Waals surface area (Å²) in [5, 5.41) is 18.0. The van der Waals surface area contributed by atoms with Gasteiger partial charge in [-0.1, -0.05) is 23.8 Å². The first-order valence-corrected chi connectivity index (χ1v) is 9.89. The van der Waals surface area contributed by atoms with Crippen LogP contribution in [-0.4, -0.2) is 50.5 Å². The highest BCUT2D eigenvalue weighted by Gasteiger charge is 2.10. The Morgan fingerprint density at radius 2 is 1.72 bits per heavy atom. The molecule has 0 unspecified atom stereocenters. The van der Waals surface area contributed by atoms with Crippen LogP contribution in [0.5, 0.6) is 11.5 Å². The highest BCUT2D eigenvalue weighted by atomic mass is 16.5. The number of aliphatic hydroxyl groups excluding tert-OH is 1. The van der Waals surface area contributed by atoms with Crippen molar-refractivity contribution in [3.05, 3.63) is 53.6 Å². The number of rotatable bonds is 13. The summed E-state index contributed by atoms with van der Waals surface area (Å²) < 4.78 is 11.4. The maximum absolute atomic E-state index is 12.1. The number of hydrogen-bond donors (Lipinski definition) is 4. The van der Waals surface area contributed by atoms with E-state index in [-0.39, 0.29) is 19.1 Å². The third kappa shape index (κ3) is 8.51. The number of benzene rings is 2. The van der Waals surface area contributed by atoms with Crippen molar-refractivity contribution in [1.29, 1.82) is 0 Å². The Bertz CT molecular complexity index is 750. The zero-order valence-electron chi connectivity index (χ0n) is 17.2. The second kappa shape index (κ2) is 12.8. The molecule has 2 rings (SSSR count). The van der Waals surface area contributed by atoms with Crippen molar-refractivity contribution < 1.29 is 19.4 Å². The fourth-order valence-electron chi connectivity index (χ4n) is 2.64. The number of ether oxygens (including phenoxy) is 2. The average Bonchev–Trinajstić information content (AvgIpc) is 2.72. The number of amides is 1. The predicted molar refractivity (Wildman–Crippen MR) is 115 cm³/mol. The van der Waals surface area contributed by atoms with Crippen LogP contribution in [0, 0.1) is 6.92 Å². The van der Waals surface area contributed by atoms with Crippen molar-refractivity contribution in [3.8, 4) is 11.5 Å². The van der Waals surface area contributed by atoms with Crippen LogP contribution < -0.4 is 25.4 Å². The summed E-state index contributed by atoms with van der Waals surface area (Å²) in [6.07, 6.45) is 0. The van der Waals surface area contributed by atoms with E-state index in [1.807, 2.05) is 56.3 Å². The summed E-state index contributed by atoms with van der Waals surface area (Å²) in [4.78, 5) is 12.1. The van der Waals surface area contributed by atoms with E-state index in [1.54, 1.807) is 0 Å². The summed E-state index contributed by atoms with van der Waals surface area (Å²) in [6.45, 7) is 7.33. The van der Waals surface area contributed by atoms with E-state index in [1.165, 1.54) is 0 Å². The third-order valence-electron chi connectivity index (χ3n) is 4.10. The smallest absolute Gasteiger partial charge is 0.262 e. The molecular weight excluding hydrogens is 370 g/mol. The second-order valence-corrected chi connectivity index (χ2v) is 6.57. The molecule has 0 bridgehead atoms. The van der Waals surface area contributed by atoms with Crippen molar-refractivity contribution in [2.75, 3.05) is 44.8 Å². The molecule has 1 amide bonds. The van der Waals surface area contributed by atoms with Gasteiger partial charge < -0.3 is 30.5 Å². The maximum atomic E-state index is 12.1. The van der Waals surface area contributed by atoms with Gasteiger partial charge in [-0.3, -0.25) is 4.79 Å². The lowest BCUT2D eigenvalue weighted by atomic mass is 10.2. The molecule has 0 atom stereocenters. The highest BCUT2D eigenvalue weighted by Crippen LogP contribution is 2.28. The largest absolute Gasteiger partial charge is 0.490 e. The standard InChI is InChI=1S/C22H31N3O4/c1-3-28-21-14-18(15-24-11-10-23-12-13-26)6-9-20(21)29-16-22(27)25-19-7-4-17(2)5-8-19/h4-9,14,23-24,26H,3,10-13,15-16H2,1-2H3,(H,25,27). The minimum Gasteiger partial charge on any atom is -0.490 e. The summed E-state index contributed by atoms with van der Waals surface area (Å²) in [5.74, 6) is 0.935. The van der Waals surface area contributed by atoms with Crippen molar-refractivity contribution >= 4 is 11.6 Å². The molecule has 0 aliphatic heterocycles. The zero-order valence-corrected chi connectivity index (χ0v) is 17.2. The van der Waals surface area contributed by atoms with Gasteiger partial charge in [-0.15, -0.1) is 0 Å². The summed E-state index contributed by atoms with van der Waals surface area (Å²) >= 11 is 0. The van der Waals surface area contributed by atoms with Crippen molar-refractivity contribution in [2.45, 2.75) is 20.4 Å². The minimum atomic E-state index is -0.225. The van der Waals surface area contributed by atoms with Crippen LogP contribution in [0.15, 0.2) is 42.5 Å². The van der Waals surface area contributed by atoms with Gasteiger partial charge in [0.25, 0.3) is 5.91 Å². The van der Waals surface area contributed by atoms with E-state index < -0.39 is 0 Å². The van der Waals surface area contributed by atoms with E-state index in [9.17, 15) is 4.79 Å². The van der Waals surface area contributed by atoms with Gasteiger partial charge in [-0.2, -0.15) is 0 Å². The van der Waals surface area contributed by atoms with Crippen molar-refractivity contribution in [3.63, 3.8) is 0 Å². The molecule has 0 radical (unpaired) electrons. The average molecular weight is 402 g/mol. The molecule has 7 nitrogen and oxygen atoms in total. The van der Waals surface area contributed by atoms with Gasteiger partial charge in [0.15, 0.2) is 18.1 Å². The quantitative estimate of drug-likeness (QED) is 0.384. The van der Waals surface area contributed by atoms with Crippen LogP contribution in [0.3, 0.4) is 0 Å². The fraction of sp³-hybridized carbons (Fsp3) is 0.409. The Morgan fingerprint density at radius 1 is 0.966 bits per heavy atom. The summed E-state index contributed by atoms with van der Waals surface area (Å²) in [5.41, 5.74) is 2.94. The minimum absolute atomic E-state index is 0.0952. The van der Waals surface area contributed by atoms with Crippen LogP contribution in [0.1, 0.15) is 18.1 Å². The fourth-order valence-corrected chi connectivity index (χ4v) is 2.64. The Labute approximate surface area is 172 Å². The van der Waals surface area contributed by atoms with E-state index in [0.717, 1.165) is 29.9 Å². The highest BCUT2D eigenvalue weighted by molar-refractivity contribution is 5.91. The Balaban J connectivity index is 1.85. The molecule has 7 heteroatoms. The number of aryl methyl sites for hydroxylation is 1. The first kappa shape index (κ1) is 22.7. The van der Waals surface area contributed by atoms with E-state index in [0.29, 0.717) is 31.2 Å². The number of aliphatic hydroxyl groups is 1. The number of carbonyl (C=O) groups excluding carboxylic acids is 1. The number of anilines is 1. The predicted octanol–water partition coefficient (Wildman–Crippen LogP) is 2.08. The first-order valence-electron chi connectivity index (χ1n) is 9.89. The van der Waals surface area contributed by atoms with Gasteiger partial charge in [0.2, 0.25) is 0 Å². The topological polar surface area (TPSA) is 91.8 Å². The summed E-state index contributed by atoms with van der Waals surface area (Å²) in [6, 6.07) is 13.3. The maximum Gasteiger partial charge on any atom is 0.262 e. The molecule has 0 aliphatic rings. The lowest BCUT2D eigenvalue weighted by Gasteiger charge is -2.14. The lowest BCUT2D eigenvalue weighted by molar-refractivity contribution is -0.118. The van der Waals surface area contributed by atoms with Crippen LogP contribution in [0.25, 0.3) is 0 Å². The van der Waals surface area contributed by atoms with Crippen LogP contribution >= 0.6 is 0 Å².